The van der Waals surface area contributed by atoms with Crippen LogP contribution < -0.4 is 20.3 Å². The molecule has 0 saturated carbocycles. The predicted molar refractivity (Wildman–Crippen MR) is 129 cm³/mol. The Hall–Kier alpha value is -2.91. The van der Waals surface area contributed by atoms with E-state index in [1.807, 2.05) is 35.0 Å². The Morgan fingerprint density at radius 3 is 2.56 bits per heavy atom. The average Bonchev–Trinajstić information content (AvgIpc) is 3.46. The zero-order chi connectivity index (χ0) is 22.3. The van der Waals surface area contributed by atoms with Gasteiger partial charge in [-0.25, -0.2) is 4.98 Å². The van der Waals surface area contributed by atoms with Crippen molar-refractivity contribution in [3.8, 4) is 5.75 Å². The quantitative estimate of drug-likeness (QED) is 0.524. The van der Waals surface area contributed by atoms with E-state index < -0.39 is 0 Å². The summed E-state index contributed by atoms with van der Waals surface area (Å²) in [7, 11) is 1.66. The topological polar surface area (TPSA) is 83.6 Å². The van der Waals surface area contributed by atoms with Gasteiger partial charge >= 0.3 is 0 Å². The van der Waals surface area contributed by atoms with Crippen LogP contribution in [-0.4, -0.2) is 43.0 Å². The number of thiazole rings is 1. The summed E-state index contributed by atoms with van der Waals surface area (Å²) in [6.07, 6.45) is 2.36. The highest BCUT2D eigenvalue weighted by molar-refractivity contribution is 7.14. The van der Waals surface area contributed by atoms with Crippen molar-refractivity contribution in [2.24, 2.45) is 0 Å². The maximum atomic E-state index is 12.5. The number of nitrogens with zero attached hydrogens (tertiary/aromatic N) is 2. The van der Waals surface area contributed by atoms with Crippen molar-refractivity contribution in [2.75, 3.05) is 30.4 Å². The van der Waals surface area contributed by atoms with Gasteiger partial charge in [0, 0.05) is 35.1 Å². The summed E-state index contributed by atoms with van der Waals surface area (Å²) in [5, 5.41) is 10.2. The molecule has 2 amide bonds. The van der Waals surface area contributed by atoms with Gasteiger partial charge in [0.05, 0.1) is 25.6 Å². The molecule has 1 aliphatic rings. The molecule has 0 atom stereocenters. The zero-order valence-electron chi connectivity index (χ0n) is 17.9. The molecule has 2 N–H and O–H groups in total. The van der Waals surface area contributed by atoms with E-state index in [2.05, 4.69) is 32.7 Å². The standard InChI is InChI=1S/C23H26N4O3S2/c1-30-19-6-4-18(5-7-19)27-10-8-16(9-11-27)24-21(28)13-17-15-32-23(25-17)26-22(29)14-20-3-2-12-31-20/h2-7,12,15-16H,8-11,13-14H2,1H3,(H,24,28)(H,25,26,29). The van der Waals surface area contributed by atoms with Crippen LogP contribution in [0.5, 0.6) is 5.75 Å². The fourth-order valence-corrected chi connectivity index (χ4v) is 5.13. The van der Waals surface area contributed by atoms with Crippen molar-refractivity contribution in [1.29, 1.82) is 0 Å². The van der Waals surface area contributed by atoms with E-state index in [1.165, 1.54) is 17.0 Å². The monoisotopic (exact) mass is 470 g/mol. The van der Waals surface area contributed by atoms with Gasteiger partial charge in [0.1, 0.15) is 5.75 Å². The highest BCUT2D eigenvalue weighted by Gasteiger charge is 2.21. The Bertz CT molecular complexity index is 1030. The van der Waals surface area contributed by atoms with Crippen molar-refractivity contribution in [3.05, 3.63) is 57.7 Å². The minimum Gasteiger partial charge on any atom is -0.497 e. The number of piperidine rings is 1. The normalized spacial score (nSPS) is 14.2. The molecule has 3 aromatic rings. The Morgan fingerprint density at radius 2 is 1.88 bits per heavy atom. The maximum absolute atomic E-state index is 12.5. The lowest BCUT2D eigenvalue weighted by Crippen LogP contribution is -2.45. The molecule has 0 radical (unpaired) electrons. The van der Waals surface area contributed by atoms with E-state index in [9.17, 15) is 9.59 Å². The first kappa shape index (κ1) is 22.3. The Labute approximate surface area is 195 Å². The summed E-state index contributed by atoms with van der Waals surface area (Å²) in [6.45, 7) is 1.79. The van der Waals surface area contributed by atoms with Gasteiger partial charge in [0.15, 0.2) is 5.13 Å². The van der Waals surface area contributed by atoms with Crippen LogP contribution in [0.4, 0.5) is 10.8 Å². The van der Waals surface area contributed by atoms with E-state index >= 15 is 0 Å². The summed E-state index contributed by atoms with van der Waals surface area (Å²) < 4.78 is 5.22. The second kappa shape index (κ2) is 10.6. The number of thiophene rings is 1. The number of ether oxygens (including phenoxy) is 1. The molecule has 0 spiro atoms. The van der Waals surface area contributed by atoms with Crippen LogP contribution in [0.15, 0.2) is 47.2 Å². The maximum Gasteiger partial charge on any atom is 0.231 e. The molecule has 32 heavy (non-hydrogen) atoms. The van der Waals surface area contributed by atoms with Crippen molar-refractivity contribution in [1.82, 2.24) is 10.3 Å². The number of nitrogens with one attached hydrogen (secondary N) is 2. The first-order chi connectivity index (χ1) is 15.6. The largest absolute Gasteiger partial charge is 0.497 e. The number of benzene rings is 1. The van der Waals surface area contributed by atoms with Crippen LogP contribution in [0.1, 0.15) is 23.4 Å². The van der Waals surface area contributed by atoms with Crippen molar-refractivity contribution < 1.29 is 14.3 Å². The molecule has 9 heteroatoms. The molecular weight excluding hydrogens is 444 g/mol. The van der Waals surface area contributed by atoms with Gasteiger partial charge in [-0.1, -0.05) is 6.07 Å². The van der Waals surface area contributed by atoms with Gasteiger partial charge in [-0.2, -0.15) is 0 Å². The molecule has 0 unspecified atom stereocenters. The third-order valence-electron chi connectivity index (χ3n) is 5.35. The molecule has 0 bridgehead atoms. The first-order valence-electron chi connectivity index (χ1n) is 10.5. The van der Waals surface area contributed by atoms with E-state index in [0.717, 1.165) is 36.6 Å². The van der Waals surface area contributed by atoms with Crippen LogP contribution in [0.3, 0.4) is 0 Å². The number of carbonyl (C=O) groups is 2. The predicted octanol–water partition coefficient (Wildman–Crippen LogP) is 3.72. The zero-order valence-corrected chi connectivity index (χ0v) is 19.5. The smallest absolute Gasteiger partial charge is 0.231 e. The van der Waals surface area contributed by atoms with Gasteiger partial charge in [0.25, 0.3) is 0 Å². The fourth-order valence-electron chi connectivity index (χ4n) is 3.70. The Kier molecular flexibility index (Phi) is 7.39. The van der Waals surface area contributed by atoms with Gasteiger partial charge in [-0.05, 0) is 48.6 Å². The number of methoxy groups -OCH3 is 1. The molecule has 4 rings (SSSR count). The lowest BCUT2D eigenvalue weighted by molar-refractivity contribution is -0.121. The van der Waals surface area contributed by atoms with Gasteiger partial charge in [-0.15, -0.1) is 22.7 Å². The number of hydrogen-bond donors (Lipinski definition) is 2. The Morgan fingerprint density at radius 1 is 1.09 bits per heavy atom. The molecule has 3 heterocycles. The second-order valence-electron chi connectivity index (χ2n) is 7.65. The molecule has 1 saturated heterocycles. The number of rotatable bonds is 8. The third-order valence-corrected chi connectivity index (χ3v) is 7.04. The molecule has 2 aromatic heterocycles. The summed E-state index contributed by atoms with van der Waals surface area (Å²) in [6, 6.07) is 12.1. The summed E-state index contributed by atoms with van der Waals surface area (Å²) >= 11 is 2.90. The van der Waals surface area contributed by atoms with Gasteiger partial charge in [-0.3, -0.25) is 9.59 Å². The third kappa shape index (κ3) is 6.08. The molecular formula is C23H26N4O3S2. The van der Waals surface area contributed by atoms with Crippen molar-refractivity contribution >= 4 is 45.3 Å². The minimum absolute atomic E-state index is 0.0327. The molecule has 1 fully saturated rings. The lowest BCUT2D eigenvalue weighted by atomic mass is 10.0. The van der Waals surface area contributed by atoms with Gasteiger partial charge in [0.2, 0.25) is 11.8 Å². The van der Waals surface area contributed by atoms with E-state index in [4.69, 9.17) is 4.74 Å². The van der Waals surface area contributed by atoms with Crippen LogP contribution >= 0.6 is 22.7 Å². The van der Waals surface area contributed by atoms with E-state index in [1.54, 1.807) is 18.4 Å². The van der Waals surface area contributed by atoms with Crippen LogP contribution in [-0.2, 0) is 22.4 Å². The number of hydrogen-bond acceptors (Lipinski definition) is 7. The first-order valence-corrected chi connectivity index (χ1v) is 12.3. The molecule has 7 nitrogen and oxygen atoms in total. The van der Waals surface area contributed by atoms with Crippen LogP contribution in [0.2, 0.25) is 0 Å². The van der Waals surface area contributed by atoms with Crippen LogP contribution in [0.25, 0.3) is 0 Å². The molecule has 1 aromatic carbocycles. The van der Waals surface area contributed by atoms with E-state index in [-0.39, 0.29) is 24.3 Å². The van der Waals surface area contributed by atoms with Gasteiger partial charge < -0.3 is 20.3 Å². The number of amides is 2. The second-order valence-corrected chi connectivity index (χ2v) is 9.54. The SMILES string of the molecule is COc1ccc(N2CCC(NC(=O)Cc3csc(NC(=O)Cc4cccs4)n3)CC2)cc1. The highest BCUT2D eigenvalue weighted by Crippen LogP contribution is 2.23. The average molecular weight is 471 g/mol. The summed E-state index contributed by atoms with van der Waals surface area (Å²) in [5.74, 6) is 0.722. The minimum atomic E-state index is -0.0959. The summed E-state index contributed by atoms with van der Waals surface area (Å²) in [5.41, 5.74) is 1.85. The molecule has 168 valence electrons. The highest BCUT2D eigenvalue weighted by atomic mass is 32.1. The lowest BCUT2D eigenvalue weighted by Gasteiger charge is -2.34. The van der Waals surface area contributed by atoms with Crippen molar-refractivity contribution in [3.63, 3.8) is 0 Å². The molecule has 1 aliphatic heterocycles. The Balaban J connectivity index is 1.20. The number of anilines is 2. The van der Waals surface area contributed by atoms with Crippen LogP contribution in [0, 0.1) is 0 Å². The number of carbonyl (C=O) groups excluding carboxylic acids is 2. The van der Waals surface area contributed by atoms with E-state index in [0.29, 0.717) is 17.2 Å². The number of aromatic nitrogens is 1. The summed E-state index contributed by atoms with van der Waals surface area (Å²) in [4.78, 5) is 32.3. The fraction of sp³-hybridized carbons (Fsp3) is 0.348. The molecule has 0 aliphatic carbocycles. The van der Waals surface area contributed by atoms with Crippen molar-refractivity contribution in [2.45, 2.75) is 31.7 Å².